The first kappa shape index (κ1) is 16.8. The van der Waals surface area contributed by atoms with E-state index < -0.39 is 5.97 Å². The molecule has 0 aliphatic heterocycles. The van der Waals surface area contributed by atoms with E-state index in [0.29, 0.717) is 22.4 Å². The molecule has 0 atom stereocenters. The molecule has 0 radical (unpaired) electrons. The minimum atomic E-state index is -0.628. The summed E-state index contributed by atoms with van der Waals surface area (Å²) in [6.07, 6.45) is 0. The molecule has 1 aliphatic carbocycles. The Morgan fingerprint density at radius 1 is 0.889 bits per heavy atom. The van der Waals surface area contributed by atoms with E-state index in [0.717, 1.165) is 0 Å². The Hall–Kier alpha value is -3.60. The number of carbonyl (C=O) groups is 3. The first-order chi connectivity index (χ1) is 13.1. The molecule has 132 valence electrons. The quantitative estimate of drug-likeness (QED) is 0.523. The van der Waals surface area contributed by atoms with Crippen LogP contribution in [0.3, 0.4) is 0 Å². The van der Waals surface area contributed by atoms with E-state index in [2.05, 4.69) is 4.98 Å². The number of esters is 1. The molecule has 1 heterocycles. The van der Waals surface area contributed by atoms with E-state index in [9.17, 15) is 14.4 Å². The van der Waals surface area contributed by atoms with Gasteiger partial charge in [0.05, 0.1) is 17.9 Å². The molecule has 0 bridgehead atoms. The summed E-state index contributed by atoms with van der Waals surface area (Å²) in [5, 5.41) is 0. The van der Waals surface area contributed by atoms with Crippen molar-refractivity contribution in [3.05, 3.63) is 88.6 Å². The molecule has 3 aromatic rings. The highest BCUT2D eigenvalue weighted by Gasteiger charge is 2.34. The lowest BCUT2D eigenvalue weighted by molar-refractivity contribution is 0.0519. The zero-order chi connectivity index (χ0) is 19.0. The summed E-state index contributed by atoms with van der Waals surface area (Å²) in [4.78, 5) is 42.8. The molecule has 0 saturated carbocycles. The number of fused-ring (bicyclic) bond motifs is 2. The Balaban J connectivity index is 2.02. The Kier molecular flexibility index (Phi) is 4.12. The fourth-order valence-corrected chi connectivity index (χ4v) is 3.23. The highest BCUT2D eigenvalue weighted by Crippen LogP contribution is 2.34. The molecule has 1 aliphatic rings. The molecule has 4 rings (SSSR count). The molecule has 0 saturated heterocycles. The molecule has 0 N–H and O–H groups in total. The van der Waals surface area contributed by atoms with Crippen LogP contribution in [0.4, 0.5) is 0 Å². The third-order valence-electron chi connectivity index (χ3n) is 4.44. The van der Waals surface area contributed by atoms with Crippen molar-refractivity contribution in [3.8, 4) is 11.3 Å². The van der Waals surface area contributed by atoms with Crippen LogP contribution < -0.4 is 0 Å². The molecule has 0 unspecified atom stereocenters. The number of hydrogen-bond acceptors (Lipinski definition) is 5. The van der Waals surface area contributed by atoms with Gasteiger partial charge in [-0.25, -0.2) is 9.78 Å². The molecule has 0 amide bonds. The smallest absolute Gasteiger partial charge is 0.356 e. The van der Waals surface area contributed by atoms with Crippen LogP contribution in [0.25, 0.3) is 11.3 Å². The van der Waals surface area contributed by atoms with Crippen molar-refractivity contribution in [2.24, 2.45) is 0 Å². The zero-order valence-corrected chi connectivity index (χ0v) is 14.6. The van der Waals surface area contributed by atoms with Crippen molar-refractivity contribution in [1.29, 1.82) is 0 Å². The largest absolute Gasteiger partial charge is 0.461 e. The summed E-state index contributed by atoms with van der Waals surface area (Å²) >= 11 is 0. The average Bonchev–Trinajstić information content (AvgIpc) is 2.72. The van der Waals surface area contributed by atoms with Gasteiger partial charge in [-0.05, 0) is 13.0 Å². The number of benzene rings is 2. The highest BCUT2D eigenvalue weighted by molar-refractivity contribution is 6.30. The Bertz CT molecular complexity index is 1090. The van der Waals surface area contributed by atoms with Crippen molar-refractivity contribution < 1.29 is 19.1 Å². The molecular weight excluding hydrogens is 342 g/mol. The lowest BCUT2D eigenvalue weighted by Crippen LogP contribution is -2.24. The molecule has 5 nitrogen and oxygen atoms in total. The van der Waals surface area contributed by atoms with E-state index >= 15 is 0 Å². The van der Waals surface area contributed by atoms with E-state index in [1.807, 2.05) is 18.2 Å². The first-order valence-corrected chi connectivity index (χ1v) is 8.57. The van der Waals surface area contributed by atoms with Gasteiger partial charge in [0.15, 0.2) is 11.6 Å². The SMILES string of the molecule is CCOC(=O)c1cc2c(c(-c3ccccc3)n1)C(=O)c1ccccc1C2=O. The lowest BCUT2D eigenvalue weighted by atomic mass is 9.82. The third kappa shape index (κ3) is 2.73. The molecule has 5 heteroatoms. The van der Waals surface area contributed by atoms with Gasteiger partial charge < -0.3 is 4.74 Å². The topological polar surface area (TPSA) is 73.3 Å². The zero-order valence-electron chi connectivity index (χ0n) is 14.6. The van der Waals surface area contributed by atoms with Crippen molar-refractivity contribution >= 4 is 17.5 Å². The first-order valence-electron chi connectivity index (χ1n) is 8.57. The van der Waals surface area contributed by atoms with Crippen LogP contribution in [0.15, 0.2) is 60.7 Å². The minimum absolute atomic E-state index is 0.00924. The van der Waals surface area contributed by atoms with Crippen LogP contribution >= 0.6 is 0 Å². The molecular formula is C22H15NO4. The van der Waals surface area contributed by atoms with Gasteiger partial charge in [-0.2, -0.15) is 0 Å². The number of carbonyl (C=O) groups excluding carboxylic acids is 3. The van der Waals surface area contributed by atoms with Crippen LogP contribution in [0, 0.1) is 0 Å². The highest BCUT2D eigenvalue weighted by atomic mass is 16.5. The predicted octanol–water partition coefficient (Wildman–Crippen LogP) is 3.70. The number of nitrogens with zero attached hydrogens (tertiary/aromatic N) is 1. The fraction of sp³-hybridized carbons (Fsp3) is 0.0909. The Morgan fingerprint density at radius 3 is 2.19 bits per heavy atom. The number of ketones is 2. The number of pyridine rings is 1. The van der Waals surface area contributed by atoms with Crippen molar-refractivity contribution in [2.75, 3.05) is 6.61 Å². The van der Waals surface area contributed by atoms with E-state index in [1.165, 1.54) is 6.07 Å². The fourth-order valence-electron chi connectivity index (χ4n) is 3.23. The third-order valence-corrected chi connectivity index (χ3v) is 4.44. The summed E-state index contributed by atoms with van der Waals surface area (Å²) < 4.78 is 5.04. The van der Waals surface area contributed by atoms with Gasteiger partial charge >= 0.3 is 5.97 Å². The van der Waals surface area contributed by atoms with E-state index in [1.54, 1.807) is 43.3 Å². The van der Waals surface area contributed by atoms with Gasteiger partial charge in [0.25, 0.3) is 0 Å². The van der Waals surface area contributed by atoms with E-state index in [-0.39, 0.29) is 35.0 Å². The monoisotopic (exact) mass is 357 g/mol. The summed E-state index contributed by atoms with van der Waals surface area (Å²) in [6, 6.07) is 17.1. The van der Waals surface area contributed by atoms with Crippen LogP contribution in [0.2, 0.25) is 0 Å². The van der Waals surface area contributed by atoms with Crippen LogP contribution in [0.1, 0.15) is 49.3 Å². The number of ether oxygens (including phenoxy) is 1. The van der Waals surface area contributed by atoms with Crippen molar-refractivity contribution in [2.45, 2.75) is 6.92 Å². The molecule has 2 aromatic carbocycles. The molecule has 27 heavy (non-hydrogen) atoms. The van der Waals surface area contributed by atoms with Crippen molar-refractivity contribution in [1.82, 2.24) is 4.98 Å². The number of rotatable bonds is 3. The van der Waals surface area contributed by atoms with Crippen LogP contribution in [-0.2, 0) is 4.74 Å². The minimum Gasteiger partial charge on any atom is -0.461 e. The average molecular weight is 357 g/mol. The second kappa shape index (κ2) is 6.61. The Labute approximate surface area is 155 Å². The van der Waals surface area contributed by atoms with Gasteiger partial charge in [0, 0.05) is 22.3 Å². The second-order valence-corrected chi connectivity index (χ2v) is 6.07. The van der Waals surface area contributed by atoms with Gasteiger partial charge in [-0.15, -0.1) is 0 Å². The summed E-state index contributed by atoms with van der Waals surface area (Å²) in [5.41, 5.74) is 2.04. The summed E-state index contributed by atoms with van der Waals surface area (Å²) in [6.45, 7) is 1.88. The summed E-state index contributed by atoms with van der Waals surface area (Å²) in [5.74, 6) is -1.20. The van der Waals surface area contributed by atoms with Crippen molar-refractivity contribution in [3.63, 3.8) is 0 Å². The number of hydrogen-bond donors (Lipinski definition) is 0. The van der Waals surface area contributed by atoms with Crippen LogP contribution in [0.5, 0.6) is 0 Å². The predicted molar refractivity (Wildman–Crippen MR) is 98.9 cm³/mol. The van der Waals surface area contributed by atoms with Gasteiger partial charge in [-0.3, -0.25) is 9.59 Å². The van der Waals surface area contributed by atoms with E-state index in [4.69, 9.17) is 4.74 Å². The maximum absolute atomic E-state index is 13.1. The molecule has 1 aromatic heterocycles. The maximum Gasteiger partial charge on any atom is 0.356 e. The van der Waals surface area contributed by atoms with Crippen LogP contribution in [-0.4, -0.2) is 29.1 Å². The molecule has 0 spiro atoms. The Morgan fingerprint density at radius 2 is 1.52 bits per heavy atom. The van der Waals surface area contributed by atoms with Gasteiger partial charge in [-0.1, -0.05) is 54.6 Å². The van der Waals surface area contributed by atoms with Gasteiger partial charge in [0.1, 0.15) is 5.69 Å². The number of aromatic nitrogens is 1. The second-order valence-electron chi connectivity index (χ2n) is 6.07. The van der Waals surface area contributed by atoms with Gasteiger partial charge in [0.2, 0.25) is 0 Å². The lowest BCUT2D eigenvalue weighted by Gasteiger charge is -2.20. The normalized spacial score (nSPS) is 12.3. The maximum atomic E-state index is 13.1. The molecule has 0 fully saturated rings. The standard InChI is InChI=1S/C22H15NO4/c1-2-27-22(26)17-12-16-18(19(23-17)13-8-4-3-5-9-13)21(25)15-11-7-6-10-14(15)20(16)24/h3-12H,2H2,1H3. The summed E-state index contributed by atoms with van der Waals surface area (Å²) in [7, 11) is 0.